The molecule has 2 heterocycles. The van der Waals surface area contributed by atoms with Crippen LogP contribution in [0.1, 0.15) is 20.8 Å². The zero-order valence-corrected chi connectivity index (χ0v) is 18.3. The Hall–Kier alpha value is -3.83. The highest BCUT2D eigenvalue weighted by molar-refractivity contribution is 5.85. The van der Waals surface area contributed by atoms with Crippen LogP contribution in [0.5, 0.6) is 0 Å². The van der Waals surface area contributed by atoms with Crippen molar-refractivity contribution in [3.8, 4) is 0 Å². The Morgan fingerprint density at radius 3 is 1.69 bits per heavy atom. The Bertz CT molecular complexity index is 880. The van der Waals surface area contributed by atoms with Crippen molar-refractivity contribution in [2.45, 2.75) is 69.6 Å². The molecule has 2 fully saturated rings. The van der Waals surface area contributed by atoms with Crippen molar-refractivity contribution in [2.24, 2.45) is 0 Å². The van der Waals surface area contributed by atoms with E-state index in [9.17, 15) is 33.6 Å². The molecule has 2 rings (SSSR count). The van der Waals surface area contributed by atoms with E-state index in [0.717, 1.165) is 20.8 Å². The third-order valence-corrected chi connectivity index (χ3v) is 4.25. The predicted octanol–water partition coefficient (Wildman–Crippen LogP) is -4.13. The van der Waals surface area contributed by atoms with Crippen molar-refractivity contribution < 1.29 is 82.8 Å². The molecule has 196 valence electrons. The van der Waals surface area contributed by atoms with Crippen molar-refractivity contribution >= 4 is 41.8 Å². The van der Waals surface area contributed by atoms with Gasteiger partial charge in [0.05, 0.1) is 0 Å². The van der Waals surface area contributed by atoms with E-state index in [4.69, 9.17) is 35.0 Å². The minimum Gasteiger partial charge on any atom is -0.479 e. The first-order chi connectivity index (χ1) is 16.1. The number of hydrogen-bond acceptors (Lipinski definition) is 15. The van der Waals surface area contributed by atoms with Crippen LogP contribution < -0.4 is 0 Å². The van der Waals surface area contributed by atoms with Crippen LogP contribution in [-0.2, 0) is 57.2 Å². The fourth-order valence-electron chi connectivity index (χ4n) is 2.84. The Labute approximate surface area is 195 Å². The number of hydrogen-bond donors (Lipinski definition) is 5. The number of esters is 5. The maximum Gasteiger partial charge on any atom is 0.352 e. The van der Waals surface area contributed by atoms with Crippen LogP contribution >= 0.6 is 0 Å². The molecule has 0 amide bonds. The fourth-order valence-corrected chi connectivity index (χ4v) is 2.84. The summed E-state index contributed by atoms with van der Waals surface area (Å²) in [5.74, 6) is -8.17. The minimum absolute atomic E-state index is 0.862. The number of ether oxygens (including phenoxy) is 5. The quantitative estimate of drug-likeness (QED) is 0.161. The second-order valence-electron chi connectivity index (χ2n) is 6.99. The zero-order chi connectivity index (χ0) is 27.2. The van der Waals surface area contributed by atoms with Gasteiger partial charge < -0.3 is 49.2 Å². The molecule has 0 saturated carbocycles. The normalized spacial score (nSPS) is 28.9. The van der Waals surface area contributed by atoms with E-state index in [0.29, 0.717) is 0 Å². The largest absolute Gasteiger partial charge is 0.479 e. The zero-order valence-electron chi connectivity index (χ0n) is 18.3. The van der Waals surface area contributed by atoms with Crippen LogP contribution in [0.3, 0.4) is 0 Å². The third-order valence-electron chi connectivity index (χ3n) is 4.25. The molecule has 0 radical (unpaired) electrons. The molecular weight excluding hydrogens is 488 g/mol. The van der Waals surface area contributed by atoms with E-state index in [1.807, 2.05) is 0 Å². The highest BCUT2D eigenvalue weighted by Gasteiger charge is 2.55. The van der Waals surface area contributed by atoms with Crippen LogP contribution in [0.4, 0.5) is 0 Å². The van der Waals surface area contributed by atoms with E-state index < -0.39 is 90.6 Å². The summed E-state index contributed by atoms with van der Waals surface area (Å²) in [6, 6.07) is 0. The molecule has 0 spiro atoms. The average molecular weight is 510 g/mol. The van der Waals surface area contributed by atoms with Gasteiger partial charge >= 0.3 is 41.8 Å². The molecule has 35 heavy (non-hydrogen) atoms. The number of carboxylic acids is 2. The molecule has 0 aromatic heterocycles. The molecule has 0 unspecified atom stereocenters. The van der Waals surface area contributed by atoms with Gasteiger partial charge in [0.2, 0.25) is 12.2 Å². The lowest BCUT2D eigenvalue weighted by Gasteiger charge is -2.24. The summed E-state index contributed by atoms with van der Waals surface area (Å²) < 4.78 is 23.0. The molecule has 0 aromatic carbocycles. The van der Waals surface area contributed by atoms with Crippen molar-refractivity contribution in [3.63, 3.8) is 0 Å². The highest BCUT2D eigenvalue weighted by Crippen LogP contribution is 2.27. The number of aliphatic hydroxyl groups is 3. The lowest BCUT2D eigenvalue weighted by molar-refractivity contribution is -0.181. The predicted molar refractivity (Wildman–Crippen MR) is 99.7 cm³/mol. The van der Waals surface area contributed by atoms with Gasteiger partial charge in [-0.2, -0.15) is 0 Å². The van der Waals surface area contributed by atoms with Gasteiger partial charge in [-0.3, -0.25) is 14.4 Å². The second kappa shape index (κ2) is 12.0. The number of carbonyl (C=O) groups is 7. The molecule has 2 aliphatic heterocycles. The topological polar surface area (TPSA) is 267 Å². The van der Waals surface area contributed by atoms with Crippen LogP contribution in [0.15, 0.2) is 0 Å². The van der Waals surface area contributed by atoms with Crippen LogP contribution in [-0.4, -0.2) is 116 Å². The molecule has 17 heteroatoms. The first kappa shape index (κ1) is 29.2. The van der Waals surface area contributed by atoms with Gasteiger partial charge in [-0.05, 0) is 0 Å². The summed E-state index contributed by atoms with van der Waals surface area (Å²) in [5, 5.41) is 44.1. The number of aliphatic hydroxyl groups excluding tert-OH is 3. The SMILES string of the molecule is CC(=O)O[C@H]1[C@@H]([C@H](OC(C)=O)C(=O)O)OC(=O)[C@@H]1OC(C)=O.O=C1O[C@H]([C@@H](O)C(=O)O)[C@H](O)[C@H]1O. The fraction of sp³-hybridized carbons (Fsp3) is 0.611. The molecule has 0 aliphatic carbocycles. The lowest BCUT2D eigenvalue weighted by atomic mass is 10.1. The van der Waals surface area contributed by atoms with Crippen molar-refractivity contribution in [1.82, 2.24) is 0 Å². The first-order valence-corrected chi connectivity index (χ1v) is 9.50. The van der Waals surface area contributed by atoms with E-state index in [1.165, 1.54) is 0 Å². The number of carbonyl (C=O) groups excluding carboxylic acids is 5. The van der Waals surface area contributed by atoms with Crippen molar-refractivity contribution in [2.75, 3.05) is 0 Å². The Morgan fingerprint density at radius 2 is 1.31 bits per heavy atom. The average Bonchev–Trinajstić information content (AvgIpc) is 3.16. The summed E-state index contributed by atoms with van der Waals surface area (Å²) in [5.41, 5.74) is 0. The molecule has 8 atom stereocenters. The number of cyclic esters (lactones) is 2. The number of carboxylic acid groups (broad SMARTS) is 2. The standard InChI is InChI=1S/C12H14O10.C6H8O7/c1-4(13)19-8-7(9(11(16)17)20-5(2)14)22-12(18)10(8)21-6(3)15;7-1-2(8)6(12)13-4(1)3(9)5(10)11/h7-10H,1-3H3,(H,16,17);1-4,7-9H,(H,10,11)/t7-,8-,9-,10+;1-,2-,3-,4+/m01/s1. The van der Waals surface area contributed by atoms with Crippen molar-refractivity contribution in [1.29, 1.82) is 0 Å². The summed E-state index contributed by atoms with van der Waals surface area (Å²) in [6.45, 7) is 2.97. The molecule has 17 nitrogen and oxygen atoms in total. The van der Waals surface area contributed by atoms with Crippen LogP contribution in [0, 0.1) is 0 Å². The molecule has 2 aliphatic rings. The smallest absolute Gasteiger partial charge is 0.352 e. The van der Waals surface area contributed by atoms with E-state index in [2.05, 4.69) is 14.2 Å². The van der Waals surface area contributed by atoms with E-state index >= 15 is 0 Å². The van der Waals surface area contributed by atoms with E-state index in [1.54, 1.807) is 0 Å². The Balaban J connectivity index is 0.000000400. The third kappa shape index (κ3) is 7.59. The lowest BCUT2D eigenvalue weighted by Crippen LogP contribution is -2.47. The van der Waals surface area contributed by atoms with Gasteiger partial charge in [0.15, 0.2) is 30.5 Å². The van der Waals surface area contributed by atoms with Crippen LogP contribution in [0.25, 0.3) is 0 Å². The second-order valence-corrected chi connectivity index (χ2v) is 6.99. The van der Waals surface area contributed by atoms with Crippen LogP contribution in [0.2, 0.25) is 0 Å². The molecular formula is C18H22O17. The number of aliphatic carboxylic acids is 2. The maximum atomic E-state index is 11.7. The van der Waals surface area contributed by atoms with Gasteiger partial charge in [0.1, 0.15) is 6.10 Å². The molecule has 5 N–H and O–H groups in total. The summed E-state index contributed by atoms with van der Waals surface area (Å²) in [6.07, 6.45) is -13.9. The highest BCUT2D eigenvalue weighted by atomic mass is 16.7. The van der Waals surface area contributed by atoms with Gasteiger partial charge in [-0.1, -0.05) is 0 Å². The van der Waals surface area contributed by atoms with Gasteiger partial charge in [0.25, 0.3) is 0 Å². The summed E-state index contributed by atoms with van der Waals surface area (Å²) in [7, 11) is 0. The molecule has 0 aromatic rings. The molecule has 0 bridgehead atoms. The monoisotopic (exact) mass is 510 g/mol. The minimum atomic E-state index is -2.03. The Kier molecular flexibility index (Phi) is 10.0. The number of rotatable bonds is 7. The van der Waals surface area contributed by atoms with Gasteiger partial charge in [-0.15, -0.1) is 0 Å². The van der Waals surface area contributed by atoms with Crippen molar-refractivity contribution in [3.05, 3.63) is 0 Å². The van der Waals surface area contributed by atoms with Gasteiger partial charge in [-0.25, -0.2) is 19.2 Å². The Morgan fingerprint density at radius 1 is 0.800 bits per heavy atom. The van der Waals surface area contributed by atoms with Gasteiger partial charge in [0, 0.05) is 20.8 Å². The summed E-state index contributed by atoms with van der Waals surface area (Å²) in [4.78, 5) is 76.7. The summed E-state index contributed by atoms with van der Waals surface area (Å²) >= 11 is 0. The van der Waals surface area contributed by atoms with E-state index in [-0.39, 0.29) is 0 Å². The first-order valence-electron chi connectivity index (χ1n) is 9.50. The molecule has 2 saturated heterocycles. The maximum absolute atomic E-state index is 11.7.